The number of ether oxygens (including phenoxy) is 1. The second kappa shape index (κ2) is 6.15. The highest BCUT2D eigenvalue weighted by Crippen LogP contribution is 2.14. The van der Waals surface area contributed by atoms with Gasteiger partial charge in [-0.15, -0.1) is 0 Å². The summed E-state index contributed by atoms with van der Waals surface area (Å²) in [5, 5.41) is 13.7. The Morgan fingerprint density at radius 3 is 2.65 bits per heavy atom. The predicted octanol–water partition coefficient (Wildman–Crippen LogP) is 2.07. The molecule has 17 heavy (non-hydrogen) atoms. The van der Waals surface area contributed by atoms with Crippen LogP contribution in [0.15, 0.2) is 18.3 Å². The minimum atomic E-state index is -0.466. The lowest BCUT2D eigenvalue weighted by Crippen LogP contribution is -2.30. The molecule has 0 radical (unpaired) electrons. The number of pyridine rings is 1. The van der Waals surface area contributed by atoms with Crippen molar-refractivity contribution in [1.29, 1.82) is 0 Å². The van der Waals surface area contributed by atoms with Gasteiger partial charge in [-0.05, 0) is 12.0 Å². The Hall–Kier alpha value is -1.69. The van der Waals surface area contributed by atoms with E-state index in [1.54, 1.807) is 13.2 Å². The van der Waals surface area contributed by atoms with Crippen molar-refractivity contribution in [1.82, 2.24) is 4.98 Å². The first-order chi connectivity index (χ1) is 8.04. The Kier molecular flexibility index (Phi) is 4.84. The van der Waals surface area contributed by atoms with Gasteiger partial charge < -0.3 is 10.1 Å². The fourth-order valence-corrected chi connectivity index (χ4v) is 1.35. The van der Waals surface area contributed by atoms with Crippen molar-refractivity contribution in [2.24, 2.45) is 5.92 Å². The molecule has 6 heteroatoms. The van der Waals surface area contributed by atoms with Crippen LogP contribution in [0.25, 0.3) is 0 Å². The van der Waals surface area contributed by atoms with E-state index in [0.717, 1.165) is 0 Å². The number of nitro groups is 1. The van der Waals surface area contributed by atoms with Crippen LogP contribution >= 0.6 is 0 Å². The maximum absolute atomic E-state index is 10.5. The molecule has 0 fully saturated rings. The van der Waals surface area contributed by atoms with Crippen molar-refractivity contribution < 1.29 is 9.66 Å². The predicted molar refractivity (Wildman–Crippen MR) is 65.0 cm³/mol. The zero-order valence-electron chi connectivity index (χ0n) is 10.2. The van der Waals surface area contributed by atoms with E-state index in [1.807, 2.05) is 0 Å². The lowest BCUT2D eigenvalue weighted by Gasteiger charge is -2.21. The molecular formula is C11H17N3O3. The molecule has 0 saturated carbocycles. The molecule has 1 N–H and O–H groups in total. The van der Waals surface area contributed by atoms with E-state index in [0.29, 0.717) is 18.3 Å². The third kappa shape index (κ3) is 3.99. The first-order valence-corrected chi connectivity index (χ1v) is 5.40. The summed E-state index contributed by atoms with van der Waals surface area (Å²) in [7, 11) is 1.64. The molecular weight excluding hydrogens is 222 g/mol. The quantitative estimate of drug-likeness (QED) is 0.607. The lowest BCUT2D eigenvalue weighted by molar-refractivity contribution is -0.385. The average Bonchev–Trinajstić information content (AvgIpc) is 2.29. The Morgan fingerprint density at radius 1 is 1.53 bits per heavy atom. The first kappa shape index (κ1) is 13.4. The fraction of sp³-hybridized carbons (Fsp3) is 0.545. The molecule has 1 heterocycles. The lowest BCUT2D eigenvalue weighted by atomic mass is 10.1. The maximum atomic E-state index is 10.5. The molecule has 94 valence electrons. The van der Waals surface area contributed by atoms with Gasteiger partial charge in [0.1, 0.15) is 12.0 Å². The van der Waals surface area contributed by atoms with Crippen molar-refractivity contribution in [2.45, 2.75) is 19.9 Å². The molecule has 0 bridgehead atoms. The Balaban J connectivity index is 2.69. The summed E-state index contributed by atoms with van der Waals surface area (Å²) in [5.74, 6) is 0.998. The van der Waals surface area contributed by atoms with Gasteiger partial charge in [0.05, 0.1) is 17.6 Å². The standard InChI is InChI=1S/C11H17N3O3/c1-8(2)10(7-17-3)13-11-5-4-9(6-12-11)14(15)16/h4-6,8,10H,7H2,1-3H3,(H,12,13). The Bertz CT molecular complexity index is 365. The zero-order valence-corrected chi connectivity index (χ0v) is 10.2. The van der Waals surface area contributed by atoms with Gasteiger partial charge >= 0.3 is 0 Å². The molecule has 0 aliphatic rings. The molecule has 0 saturated heterocycles. The van der Waals surface area contributed by atoms with Crippen LogP contribution in [0.5, 0.6) is 0 Å². The number of rotatable bonds is 6. The van der Waals surface area contributed by atoms with Crippen molar-refractivity contribution in [3.8, 4) is 0 Å². The Morgan fingerprint density at radius 2 is 2.24 bits per heavy atom. The van der Waals surface area contributed by atoms with Gasteiger partial charge in [0, 0.05) is 13.2 Å². The number of hydrogen-bond acceptors (Lipinski definition) is 5. The molecule has 0 aliphatic carbocycles. The van der Waals surface area contributed by atoms with E-state index < -0.39 is 4.92 Å². The van der Waals surface area contributed by atoms with Gasteiger partial charge in [0.25, 0.3) is 5.69 Å². The zero-order chi connectivity index (χ0) is 12.8. The summed E-state index contributed by atoms with van der Waals surface area (Å²) < 4.78 is 5.10. The van der Waals surface area contributed by atoms with Gasteiger partial charge in [-0.3, -0.25) is 10.1 Å². The SMILES string of the molecule is COCC(Nc1ccc([N+](=O)[O-])cn1)C(C)C. The second-order valence-electron chi connectivity index (χ2n) is 4.11. The molecule has 6 nitrogen and oxygen atoms in total. The molecule has 1 aromatic rings. The number of anilines is 1. The van der Waals surface area contributed by atoms with Gasteiger partial charge in [0.2, 0.25) is 0 Å². The molecule has 0 amide bonds. The van der Waals surface area contributed by atoms with Crippen molar-refractivity contribution >= 4 is 11.5 Å². The highest BCUT2D eigenvalue weighted by Gasteiger charge is 2.14. The van der Waals surface area contributed by atoms with Crippen LogP contribution in [0.4, 0.5) is 11.5 Å². The largest absolute Gasteiger partial charge is 0.383 e. The fourth-order valence-electron chi connectivity index (χ4n) is 1.35. The van der Waals surface area contributed by atoms with Crippen LogP contribution < -0.4 is 5.32 Å². The highest BCUT2D eigenvalue weighted by molar-refractivity contribution is 5.40. The topological polar surface area (TPSA) is 77.3 Å². The van der Waals surface area contributed by atoms with Crippen molar-refractivity contribution in [3.05, 3.63) is 28.4 Å². The molecule has 1 aromatic heterocycles. The normalized spacial score (nSPS) is 12.5. The average molecular weight is 239 g/mol. The smallest absolute Gasteiger partial charge is 0.287 e. The molecule has 1 unspecified atom stereocenters. The minimum Gasteiger partial charge on any atom is -0.383 e. The van der Waals surface area contributed by atoms with E-state index in [2.05, 4.69) is 24.1 Å². The first-order valence-electron chi connectivity index (χ1n) is 5.40. The number of nitrogens with one attached hydrogen (secondary N) is 1. The number of aromatic nitrogens is 1. The van der Waals surface area contributed by atoms with E-state index >= 15 is 0 Å². The van der Waals surface area contributed by atoms with Crippen LogP contribution in [0.2, 0.25) is 0 Å². The van der Waals surface area contributed by atoms with Crippen LogP contribution in [0.1, 0.15) is 13.8 Å². The third-order valence-corrected chi connectivity index (χ3v) is 2.44. The number of nitrogens with zero attached hydrogens (tertiary/aromatic N) is 2. The van der Waals surface area contributed by atoms with Gasteiger partial charge in [-0.1, -0.05) is 13.8 Å². The summed E-state index contributed by atoms with van der Waals surface area (Å²) in [6, 6.07) is 3.16. The monoisotopic (exact) mass is 239 g/mol. The third-order valence-electron chi connectivity index (χ3n) is 2.44. The summed E-state index contributed by atoms with van der Waals surface area (Å²) in [5.41, 5.74) is -0.0108. The molecule has 1 rings (SSSR count). The van der Waals surface area contributed by atoms with Gasteiger partial charge in [0.15, 0.2) is 0 Å². The number of hydrogen-bond donors (Lipinski definition) is 1. The van der Waals surface area contributed by atoms with Crippen LogP contribution in [-0.4, -0.2) is 29.7 Å². The van der Waals surface area contributed by atoms with E-state index in [1.165, 1.54) is 12.3 Å². The second-order valence-corrected chi connectivity index (χ2v) is 4.11. The molecule has 0 aromatic carbocycles. The maximum Gasteiger partial charge on any atom is 0.287 e. The van der Waals surface area contributed by atoms with Crippen molar-refractivity contribution in [2.75, 3.05) is 19.0 Å². The van der Waals surface area contributed by atoms with Crippen LogP contribution in [0, 0.1) is 16.0 Å². The van der Waals surface area contributed by atoms with E-state index in [-0.39, 0.29) is 11.7 Å². The van der Waals surface area contributed by atoms with Crippen LogP contribution in [-0.2, 0) is 4.74 Å². The highest BCUT2D eigenvalue weighted by atomic mass is 16.6. The molecule has 1 atom stereocenters. The van der Waals surface area contributed by atoms with E-state index in [4.69, 9.17) is 4.74 Å². The van der Waals surface area contributed by atoms with Crippen LogP contribution in [0.3, 0.4) is 0 Å². The summed E-state index contributed by atoms with van der Waals surface area (Å²) in [6.07, 6.45) is 1.24. The van der Waals surface area contributed by atoms with E-state index in [9.17, 15) is 10.1 Å². The summed E-state index contributed by atoms with van der Waals surface area (Å²) in [4.78, 5) is 14.0. The summed E-state index contributed by atoms with van der Waals surface area (Å²) in [6.45, 7) is 4.71. The minimum absolute atomic E-state index is 0.0108. The Labute approximate surface area is 100 Å². The van der Waals surface area contributed by atoms with Crippen molar-refractivity contribution in [3.63, 3.8) is 0 Å². The van der Waals surface area contributed by atoms with Gasteiger partial charge in [-0.2, -0.15) is 0 Å². The molecule has 0 aliphatic heterocycles. The number of methoxy groups -OCH3 is 1. The molecule has 0 spiro atoms. The van der Waals surface area contributed by atoms with Gasteiger partial charge in [-0.25, -0.2) is 4.98 Å². The summed E-state index contributed by atoms with van der Waals surface area (Å²) >= 11 is 0.